The largest absolute Gasteiger partial charge is 0.389 e. The first-order chi connectivity index (χ1) is 17.7. The van der Waals surface area contributed by atoms with E-state index < -0.39 is 30.3 Å². The smallest absolute Gasteiger partial charge is 0.339 e. The minimum atomic E-state index is -4.43. The van der Waals surface area contributed by atoms with Gasteiger partial charge in [-0.25, -0.2) is 4.98 Å². The summed E-state index contributed by atoms with van der Waals surface area (Å²) >= 11 is 0. The summed E-state index contributed by atoms with van der Waals surface area (Å²) in [5.41, 5.74) is 0.777. The van der Waals surface area contributed by atoms with E-state index in [1.807, 2.05) is 35.2 Å². The van der Waals surface area contributed by atoms with Gasteiger partial charge in [0.15, 0.2) is 11.4 Å². The molecule has 4 heterocycles. The molecule has 2 saturated heterocycles. The number of benzene rings is 1. The Morgan fingerprint density at radius 2 is 1.81 bits per heavy atom. The van der Waals surface area contributed by atoms with Gasteiger partial charge in [0.1, 0.15) is 5.54 Å². The molecule has 2 amide bonds. The van der Waals surface area contributed by atoms with Crippen molar-refractivity contribution in [2.75, 3.05) is 31.2 Å². The minimum Gasteiger partial charge on any atom is -0.339 e. The molecule has 3 aromatic rings. The van der Waals surface area contributed by atoms with E-state index >= 15 is 0 Å². The number of piperidine rings is 1. The van der Waals surface area contributed by atoms with Gasteiger partial charge in [0.05, 0.1) is 31.4 Å². The molecule has 0 radical (unpaired) electrons. The van der Waals surface area contributed by atoms with Crippen molar-refractivity contribution in [3.63, 3.8) is 0 Å². The molecular weight excluding hydrogens is 489 g/mol. The quantitative estimate of drug-likeness (QED) is 0.542. The number of aromatic amines is 1. The highest BCUT2D eigenvalue weighted by atomic mass is 19.4. The SMILES string of the molecule is O=C(CCC(F)(F)F)CN1CN(c2ccccc2)C2(CCN(C(=O)c3cnc4[nH]ncc4c3)CC2)C1=O. The number of pyridine rings is 1. The van der Waals surface area contributed by atoms with E-state index in [-0.39, 0.29) is 25.0 Å². The molecule has 0 atom stereocenters. The molecule has 0 unspecified atom stereocenters. The molecule has 5 rings (SSSR count). The normalized spacial score (nSPS) is 17.7. The first kappa shape index (κ1) is 24.7. The number of halogens is 3. The van der Waals surface area contributed by atoms with E-state index in [9.17, 15) is 27.6 Å². The molecule has 0 aliphatic carbocycles. The number of hydrogen-bond acceptors (Lipinski definition) is 6. The molecule has 2 aliphatic rings. The van der Waals surface area contributed by atoms with Crippen LogP contribution in [0.2, 0.25) is 0 Å². The van der Waals surface area contributed by atoms with Crippen molar-refractivity contribution in [2.24, 2.45) is 0 Å². The van der Waals surface area contributed by atoms with Crippen LogP contribution in [0.3, 0.4) is 0 Å². The molecule has 37 heavy (non-hydrogen) atoms. The lowest BCUT2D eigenvalue weighted by Crippen LogP contribution is -2.57. The predicted octanol–water partition coefficient (Wildman–Crippen LogP) is 3.15. The molecule has 0 saturated carbocycles. The van der Waals surface area contributed by atoms with E-state index in [2.05, 4.69) is 15.2 Å². The van der Waals surface area contributed by atoms with Crippen LogP contribution >= 0.6 is 0 Å². The third-order valence-corrected chi connectivity index (χ3v) is 7.05. The molecular formula is C25H25F3N6O3. The van der Waals surface area contributed by atoms with Crippen molar-refractivity contribution in [1.29, 1.82) is 0 Å². The number of H-pyrrole nitrogens is 1. The number of likely N-dealkylation sites (tertiary alicyclic amines) is 1. The zero-order valence-electron chi connectivity index (χ0n) is 19.9. The highest BCUT2D eigenvalue weighted by Crippen LogP contribution is 2.40. The lowest BCUT2D eigenvalue weighted by atomic mass is 9.85. The number of Topliss-reactive ketones (excluding diaryl/α,β-unsaturated/α-hetero) is 1. The maximum Gasteiger partial charge on any atom is 0.389 e. The fourth-order valence-corrected chi connectivity index (χ4v) is 5.11. The summed E-state index contributed by atoms with van der Waals surface area (Å²) < 4.78 is 37.7. The summed E-state index contributed by atoms with van der Waals surface area (Å²) in [7, 11) is 0. The van der Waals surface area contributed by atoms with Crippen LogP contribution in [0.25, 0.3) is 11.0 Å². The summed E-state index contributed by atoms with van der Waals surface area (Å²) in [6.07, 6.45) is -2.59. The minimum absolute atomic E-state index is 0.0929. The maximum absolute atomic E-state index is 13.7. The average molecular weight is 515 g/mol. The number of carbonyl (C=O) groups excluding carboxylic acids is 3. The first-order valence-electron chi connectivity index (χ1n) is 12.0. The van der Waals surface area contributed by atoms with Crippen LogP contribution in [-0.4, -0.2) is 80.6 Å². The van der Waals surface area contributed by atoms with Gasteiger partial charge in [-0.15, -0.1) is 0 Å². The number of carbonyl (C=O) groups is 3. The predicted molar refractivity (Wildman–Crippen MR) is 128 cm³/mol. The molecule has 2 aromatic heterocycles. The Morgan fingerprint density at radius 3 is 2.51 bits per heavy atom. The van der Waals surface area contributed by atoms with Gasteiger partial charge in [-0.3, -0.25) is 19.5 Å². The lowest BCUT2D eigenvalue weighted by molar-refractivity contribution is -0.145. The topological polar surface area (TPSA) is 102 Å². The fourth-order valence-electron chi connectivity index (χ4n) is 5.11. The molecule has 194 valence electrons. The summed E-state index contributed by atoms with van der Waals surface area (Å²) in [6.45, 7) is 0.315. The number of para-hydroxylation sites is 1. The Kier molecular flexibility index (Phi) is 6.34. The highest BCUT2D eigenvalue weighted by molar-refractivity contribution is 5.99. The average Bonchev–Trinajstić information content (AvgIpc) is 3.46. The van der Waals surface area contributed by atoms with Crippen LogP contribution in [0.4, 0.5) is 18.9 Å². The summed E-state index contributed by atoms with van der Waals surface area (Å²) in [5, 5.41) is 7.38. The molecule has 9 nitrogen and oxygen atoms in total. The molecule has 1 N–H and O–H groups in total. The standard InChI is InChI=1S/C25H25F3N6O3/c26-25(27,28)7-6-20(35)15-33-16-34(19-4-2-1-3-5-19)24(23(33)37)8-10-32(11-9-24)22(36)18-12-17-14-30-31-21(17)29-13-18/h1-5,12-14H,6-11,15-16H2,(H,29,30,31). The van der Waals surface area contributed by atoms with Crippen LogP contribution in [-0.2, 0) is 9.59 Å². The second-order valence-corrected chi connectivity index (χ2v) is 9.42. The Hall–Kier alpha value is -3.96. The number of hydrogen-bond donors (Lipinski definition) is 1. The molecule has 0 bridgehead atoms. The number of fused-ring (bicyclic) bond motifs is 1. The van der Waals surface area contributed by atoms with Crippen LogP contribution in [0.15, 0.2) is 48.8 Å². The van der Waals surface area contributed by atoms with Crippen LogP contribution in [0, 0.1) is 0 Å². The Morgan fingerprint density at radius 1 is 1.08 bits per heavy atom. The van der Waals surface area contributed by atoms with Gasteiger partial charge in [0.2, 0.25) is 5.91 Å². The third-order valence-electron chi connectivity index (χ3n) is 7.05. The fraction of sp³-hybridized carbons (Fsp3) is 0.400. The highest BCUT2D eigenvalue weighted by Gasteiger charge is 2.54. The second-order valence-electron chi connectivity index (χ2n) is 9.42. The van der Waals surface area contributed by atoms with Crippen LogP contribution in [0.1, 0.15) is 36.0 Å². The number of amides is 2. The van der Waals surface area contributed by atoms with Crippen molar-refractivity contribution in [3.8, 4) is 0 Å². The number of ketones is 1. The molecule has 1 aromatic carbocycles. The Balaban J connectivity index is 1.33. The number of aromatic nitrogens is 3. The van der Waals surface area contributed by atoms with Crippen molar-refractivity contribution >= 4 is 34.3 Å². The third kappa shape index (κ3) is 4.87. The zero-order chi connectivity index (χ0) is 26.2. The van der Waals surface area contributed by atoms with Gasteiger partial charge < -0.3 is 14.7 Å². The Bertz CT molecular complexity index is 1320. The van der Waals surface area contributed by atoms with Gasteiger partial charge in [0, 0.05) is 36.8 Å². The summed E-state index contributed by atoms with van der Waals surface area (Å²) in [5.74, 6) is -1.14. The van der Waals surface area contributed by atoms with Crippen molar-refractivity contribution in [3.05, 3.63) is 54.4 Å². The molecule has 1 spiro atoms. The molecule has 12 heteroatoms. The number of nitrogens with zero attached hydrogens (tertiary/aromatic N) is 5. The van der Waals surface area contributed by atoms with Crippen molar-refractivity contribution < 1.29 is 27.6 Å². The zero-order valence-corrected chi connectivity index (χ0v) is 19.9. The number of rotatable bonds is 6. The van der Waals surface area contributed by atoms with Gasteiger partial charge in [0.25, 0.3) is 5.91 Å². The van der Waals surface area contributed by atoms with Gasteiger partial charge >= 0.3 is 6.18 Å². The van der Waals surface area contributed by atoms with Crippen molar-refractivity contribution in [1.82, 2.24) is 25.0 Å². The summed E-state index contributed by atoms with van der Waals surface area (Å²) in [4.78, 5) is 48.3. The van der Waals surface area contributed by atoms with Crippen LogP contribution in [0.5, 0.6) is 0 Å². The second kappa shape index (κ2) is 9.49. The van der Waals surface area contributed by atoms with E-state index in [0.717, 1.165) is 5.69 Å². The van der Waals surface area contributed by atoms with Crippen LogP contribution < -0.4 is 4.90 Å². The van der Waals surface area contributed by atoms with Gasteiger partial charge in [-0.1, -0.05) is 18.2 Å². The number of anilines is 1. The first-order valence-corrected chi connectivity index (χ1v) is 12.0. The lowest BCUT2D eigenvalue weighted by Gasteiger charge is -2.43. The summed E-state index contributed by atoms with van der Waals surface area (Å²) in [6, 6.07) is 10.9. The van der Waals surface area contributed by atoms with E-state index in [0.29, 0.717) is 42.5 Å². The van der Waals surface area contributed by atoms with E-state index in [4.69, 9.17) is 0 Å². The van der Waals surface area contributed by atoms with Gasteiger partial charge in [-0.05, 0) is 31.0 Å². The number of alkyl halides is 3. The molecule has 2 fully saturated rings. The van der Waals surface area contributed by atoms with E-state index in [1.54, 1.807) is 17.2 Å². The monoisotopic (exact) mass is 514 g/mol. The molecule has 2 aliphatic heterocycles. The van der Waals surface area contributed by atoms with Gasteiger partial charge in [-0.2, -0.15) is 18.3 Å². The van der Waals surface area contributed by atoms with Crippen molar-refractivity contribution in [2.45, 2.75) is 37.4 Å². The maximum atomic E-state index is 13.7. The Labute approximate surface area is 210 Å². The number of nitrogens with one attached hydrogen (secondary N) is 1. The van der Waals surface area contributed by atoms with E-state index in [1.165, 1.54) is 11.1 Å².